The van der Waals surface area contributed by atoms with E-state index >= 15 is 0 Å². The molecule has 1 heterocycles. The molecule has 1 aromatic carbocycles. The number of hydrogen-bond donors (Lipinski definition) is 2. The fraction of sp³-hybridized carbons (Fsp3) is 0.632. The van der Waals surface area contributed by atoms with E-state index < -0.39 is 0 Å². The minimum atomic E-state index is -0.276. The van der Waals surface area contributed by atoms with Crippen LogP contribution in [0.4, 0.5) is 5.69 Å². The second-order valence-electron chi connectivity index (χ2n) is 6.98. The Balaban J connectivity index is 1.50. The van der Waals surface area contributed by atoms with Crippen molar-refractivity contribution in [3.05, 3.63) is 29.8 Å². The lowest BCUT2D eigenvalue weighted by atomic mass is 9.89. The van der Waals surface area contributed by atoms with Crippen LogP contribution in [0.15, 0.2) is 24.3 Å². The summed E-state index contributed by atoms with van der Waals surface area (Å²) < 4.78 is 11.4. The Morgan fingerprint density at radius 1 is 1.42 bits per heavy atom. The van der Waals surface area contributed by atoms with Gasteiger partial charge in [0, 0.05) is 12.2 Å². The van der Waals surface area contributed by atoms with Gasteiger partial charge in [0.2, 0.25) is 5.91 Å². The van der Waals surface area contributed by atoms with Crippen LogP contribution in [0.5, 0.6) is 0 Å². The summed E-state index contributed by atoms with van der Waals surface area (Å²) in [6.45, 7) is 4.71. The monoisotopic (exact) mass is 332 g/mol. The maximum absolute atomic E-state index is 12.2. The molecule has 24 heavy (non-hydrogen) atoms. The summed E-state index contributed by atoms with van der Waals surface area (Å²) in [5.74, 6) is 0.716. The van der Waals surface area contributed by atoms with Gasteiger partial charge in [0.25, 0.3) is 0 Å². The number of morpholine rings is 1. The van der Waals surface area contributed by atoms with E-state index in [4.69, 9.17) is 9.47 Å². The van der Waals surface area contributed by atoms with E-state index in [1.807, 2.05) is 24.3 Å². The molecule has 3 rings (SSSR count). The molecule has 0 spiro atoms. The molecule has 2 N–H and O–H groups in total. The molecule has 1 aromatic rings. The third-order valence-corrected chi connectivity index (χ3v) is 4.81. The van der Waals surface area contributed by atoms with E-state index in [1.165, 1.54) is 12.8 Å². The highest BCUT2D eigenvalue weighted by atomic mass is 16.5. The average molecular weight is 332 g/mol. The second kappa shape index (κ2) is 8.60. The molecule has 1 saturated heterocycles. The minimum absolute atomic E-state index is 0.0473. The molecule has 132 valence electrons. The minimum Gasteiger partial charge on any atom is -0.378 e. The number of carbonyl (C=O) groups excluding carboxylic acids is 1. The topological polar surface area (TPSA) is 59.6 Å². The number of benzene rings is 1. The van der Waals surface area contributed by atoms with Crippen molar-refractivity contribution in [1.82, 2.24) is 5.32 Å². The van der Waals surface area contributed by atoms with Gasteiger partial charge in [0.1, 0.15) is 6.04 Å². The van der Waals surface area contributed by atoms with Crippen LogP contribution in [0.25, 0.3) is 0 Å². The lowest BCUT2D eigenvalue weighted by molar-refractivity contribution is -0.120. The van der Waals surface area contributed by atoms with E-state index in [9.17, 15) is 4.79 Å². The van der Waals surface area contributed by atoms with Crippen LogP contribution >= 0.6 is 0 Å². The molecule has 0 bridgehead atoms. The number of ether oxygens (including phenoxy) is 2. The Morgan fingerprint density at radius 3 is 3.12 bits per heavy atom. The zero-order chi connectivity index (χ0) is 16.8. The number of anilines is 1. The summed E-state index contributed by atoms with van der Waals surface area (Å²) >= 11 is 0. The highest BCUT2D eigenvalue weighted by molar-refractivity contribution is 5.95. The first-order chi connectivity index (χ1) is 11.7. The van der Waals surface area contributed by atoms with Gasteiger partial charge in [-0.1, -0.05) is 31.9 Å². The van der Waals surface area contributed by atoms with Crippen molar-refractivity contribution < 1.29 is 14.3 Å². The molecule has 0 radical (unpaired) electrons. The van der Waals surface area contributed by atoms with E-state index in [1.54, 1.807) is 0 Å². The Morgan fingerprint density at radius 2 is 2.33 bits per heavy atom. The summed E-state index contributed by atoms with van der Waals surface area (Å²) in [5.41, 5.74) is 1.91. The smallest absolute Gasteiger partial charge is 0.243 e. The predicted molar refractivity (Wildman–Crippen MR) is 93.9 cm³/mol. The summed E-state index contributed by atoms with van der Waals surface area (Å²) in [6.07, 6.45) is 5.27. The summed E-state index contributed by atoms with van der Waals surface area (Å²) in [4.78, 5) is 12.2. The van der Waals surface area contributed by atoms with Gasteiger partial charge < -0.3 is 20.1 Å². The summed E-state index contributed by atoms with van der Waals surface area (Å²) in [6, 6.07) is 7.64. The Bertz CT molecular complexity index is 543. The molecule has 5 nitrogen and oxygen atoms in total. The maximum Gasteiger partial charge on any atom is 0.243 e. The lowest BCUT2D eigenvalue weighted by Crippen LogP contribution is -2.48. The Kier molecular flexibility index (Phi) is 6.24. The van der Waals surface area contributed by atoms with Gasteiger partial charge in [-0.2, -0.15) is 0 Å². The van der Waals surface area contributed by atoms with Crippen LogP contribution in [-0.4, -0.2) is 37.8 Å². The molecule has 1 saturated carbocycles. The van der Waals surface area contributed by atoms with Gasteiger partial charge >= 0.3 is 0 Å². The highest BCUT2D eigenvalue weighted by Crippen LogP contribution is 2.26. The van der Waals surface area contributed by atoms with Crippen molar-refractivity contribution in [2.45, 2.75) is 51.4 Å². The zero-order valence-corrected chi connectivity index (χ0v) is 14.4. The molecular formula is C19H28N2O3. The number of hydrogen-bond acceptors (Lipinski definition) is 4. The van der Waals surface area contributed by atoms with Crippen LogP contribution < -0.4 is 10.6 Å². The van der Waals surface area contributed by atoms with Gasteiger partial charge in [-0.25, -0.2) is 0 Å². The largest absolute Gasteiger partial charge is 0.378 e. The predicted octanol–water partition coefficient (Wildman–Crippen LogP) is 2.71. The Hall–Kier alpha value is -1.43. The molecule has 0 aromatic heterocycles. The van der Waals surface area contributed by atoms with Crippen LogP contribution in [0.2, 0.25) is 0 Å². The summed E-state index contributed by atoms with van der Waals surface area (Å²) in [7, 11) is 0. The van der Waals surface area contributed by atoms with Crippen molar-refractivity contribution in [3.8, 4) is 0 Å². The highest BCUT2D eigenvalue weighted by Gasteiger charge is 2.21. The van der Waals surface area contributed by atoms with Crippen molar-refractivity contribution in [3.63, 3.8) is 0 Å². The molecule has 1 aliphatic carbocycles. The number of nitrogens with one attached hydrogen (secondary N) is 2. The molecule has 3 atom stereocenters. The zero-order valence-electron chi connectivity index (χ0n) is 14.4. The van der Waals surface area contributed by atoms with Crippen LogP contribution in [0.3, 0.4) is 0 Å². The van der Waals surface area contributed by atoms with Crippen LogP contribution in [-0.2, 0) is 20.9 Å². The SMILES string of the molecule is C[C@@H]1CCC[C@H](OCc2cccc(NC(=O)[C@@H]3COCCN3)c2)C1. The molecule has 1 amide bonds. The fourth-order valence-corrected chi connectivity index (χ4v) is 3.45. The Labute approximate surface area is 144 Å². The third kappa shape index (κ3) is 5.03. The van der Waals surface area contributed by atoms with Crippen LogP contribution in [0, 0.1) is 5.92 Å². The molecule has 0 unspecified atom stereocenters. The first kappa shape index (κ1) is 17.4. The van der Waals surface area contributed by atoms with Crippen molar-refractivity contribution >= 4 is 11.6 Å². The standard InChI is InChI=1S/C19H28N2O3/c1-14-4-2-7-17(10-14)24-12-15-5-3-6-16(11-15)21-19(22)18-13-23-9-8-20-18/h3,5-6,11,14,17-18,20H,2,4,7-10,12-13H2,1H3,(H,21,22)/t14-,17+,18+/m1/s1. The van der Waals surface area contributed by atoms with Crippen LogP contribution in [0.1, 0.15) is 38.2 Å². The van der Waals surface area contributed by atoms with E-state index in [0.29, 0.717) is 32.5 Å². The quantitative estimate of drug-likeness (QED) is 0.870. The normalized spacial score (nSPS) is 27.6. The first-order valence-electron chi connectivity index (χ1n) is 9.03. The van der Waals surface area contributed by atoms with Crippen molar-refractivity contribution in [2.75, 3.05) is 25.1 Å². The molecule has 2 fully saturated rings. The van der Waals surface area contributed by atoms with Gasteiger partial charge in [-0.15, -0.1) is 0 Å². The van der Waals surface area contributed by atoms with Gasteiger partial charge in [-0.05, 0) is 36.5 Å². The van der Waals surface area contributed by atoms with E-state index in [-0.39, 0.29) is 11.9 Å². The second-order valence-corrected chi connectivity index (χ2v) is 6.98. The first-order valence-corrected chi connectivity index (χ1v) is 9.03. The van der Waals surface area contributed by atoms with Gasteiger partial charge in [-0.3, -0.25) is 4.79 Å². The van der Waals surface area contributed by atoms with E-state index in [2.05, 4.69) is 17.6 Å². The lowest BCUT2D eigenvalue weighted by Gasteiger charge is -2.27. The van der Waals surface area contributed by atoms with E-state index in [0.717, 1.165) is 30.0 Å². The van der Waals surface area contributed by atoms with Crippen molar-refractivity contribution in [1.29, 1.82) is 0 Å². The average Bonchev–Trinajstić information content (AvgIpc) is 2.61. The molecule has 1 aliphatic heterocycles. The number of amides is 1. The van der Waals surface area contributed by atoms with Gasteiger partial charge in [0.05, 0.1) is 25.9 Å². The van der Waals surface area contributed by atoms with Gasteiger partial charge in [0.15, 0.2) is 0 Å². The number of rotatable bonds is 5. The molecule has 2 aliphatic rings. The maximum atomic E-state index is 12.2. The third-order valence-electron chi connectivity index (χ3n) is 4.81. The molecular weight excluding hydrogens is 304 g/mol. The summed E-state index contributed by atoms with van der Waals surface area (Å²) in [5, 5.41) is 6.12. The number of carbonyl (C=O) groups is 1. The fourth-order valence-electron chi connectivity index (χ4n) is 3.45. The molecule has 5 heteroatoms. The van der Waals surface area contributed by atoms with Crippen molar-refractivity contribution in [2.24, 2.45) is 5.92 Å².